The molecule has 1 aromatic heterocycles. The van der Waals surface area contributed by atoms with Crippen LogP contribution < -0.4 is 10.2 Å². The number of hydrogen-bond acceptors (Lipinski definition) is 5. The van der Waals surface area contributed by atoms with Crippen molar-refractivity contribution in [3.63, 3.8) is 0 Å². The Balaban J connectivity index is 1.49. The maximum absolute atomic E-state index is 11.9. The predicted molar refractivity (Wildman–Crippen MR) is 101 cm³/mol. The molecule has 4 rings (SSSR count). The van der Waals surface area contributed by atoms with Gasteiger partial charge in [0.1, 0.15) is 0 Å². The van der Waals surface area contributed by atoms with Crippen LogP contribution in [0.2, 0.25) is 0 Å². The molecule has 136 valence electrons. The van der Waals surface area contributed by atoms with Crippen molar-refractivity contribution >= 4 is 23.4 Å². The Morgan fingerprint density at radius 1 is 1.44 bits per heavy atom. The molecule has 4 atom stereocenters. The first-order chi connectivity index (χ1) is 12.0. The minimum absolute atomic E-state index is 0.00928. The van der Waals surface area contributed by atoms with E-state index in [0.717, 1.165) is 43.9 Å². The molecule has 0 aromatic carbocycles. The highest BCUT2D eigenvalue weighted by molar-refractivity contribution is 7.99. The molecule has 5 nitrogen and oxygen atoms in total. The van der Waals surface area contributed by atoms with Crippen LogP contribution in [0.15, 0.2) is 12.1 Å². The van der Waals surface area contributed by atoms with Crippen molar-refractivity contribution in [2.24, 2.45) is 11.8 Å². The summed E-state index contributed by atoms with van der Waals surface area (Å²) in [6.07, 6.45) is 4.56. The first-order valence-electron chi connectivity index (χ1n) is 9.14. The van der Waals surface area contributed by atoms with Gasteiger partial charge >= 0.3 is 0 Å². The number of carbonyl (C=O) groups is 1. The fourth-order valence-corrected chi connectivity index (χ4v) is 5.43. The molecule has 2 bridgehead atoms. The second-order valence-corrected chi connectivity index (χ2v) is 8.62. The molecule has 3 aliphatic rings. The monoisotopic (exact) mass is 361 g/mol. The molecule has 1 N–H and O–H groups in total. The summed E-state index contributed by atoms with van der Waals surface area (Å²) in [7, 11) is 0. The van der Waals surface area contributed by atoms with Crippen molar-refractivity contribution in [1.82, 2.24) is 10.3 Å². The Kier molecular flexibility index (Phi) is 4.44. The summed E-state index contributed by atoms with van der Waals surface area (Å²) in [4.78, 5) is 18.8. The Labute approximate surface area is 153 Å². The second kappa shape index (κ2) is 6.47. The zero-order valence-corrected chi connectivity index (χ0v) is 16.1. The van der Waals surface area contributed by atoms with Gasteiger partial charge in [-0.25, -0.2) is 0 Å². The van der Waals surface area contributed by atoms with Gasteiger partial charge in [-0.3, -0.25) is 9.78 Å². The molecular formula is C19H27N3O2S. The van der Waals surface area contributed by atoms with Crippen LogP contribution in [-0.2, 0) is 9.53 Å². The fraction of sp³-hybridized carbons (Fsp3) is 0.684. The summed E-state index contributed by atoms with van der Waals surface area (Å²) in [6.45, 7) is 6.84. The lowest BCUT2D eigenvalue weighted by Crippen LogP contribution is -2.42. The second-order valence-electron chi connectivity index (χ2n) is 7.76. The SMILES string of the molecule is CSCC(=O)NC[C@H]1[C@H]2CN(c3cc(C)nc(C)c3)C[C@]23CC[C@H]1O3. The maximum atomic E-state index is 11.9. The van der Waals surface area contributed by atoms with Crippen LogP contribution in [0.25, 0.3) is 0 Å². The quantitative estimate of drug-likeness (QED) is 0.871. The molecule has 1 aromatic rings. The average Bonchev–Trinajstić information content (AvgIpc) is 3.20. The van der Waals surface area contributed by atoms with E-state index in [1.165, 1.54) is 5.69 Å². The smallest absolute Gasteiger partial charge is 0.229 e. The number of anilines is 1. The molecule has 0 radical (unpaired) electrons. The van der Waals surface area contributed by atoms with Crippen molar-refractivity contribution in [2.45, 2.75) is 38.4 Å². The number of fused-ring (bicyclic) bond motifs is 1. The van der Waals surface area contributed by atoms with Gasteiger partial charge in [-0.05, 0) is 45.1 Å². The number of hydrogen-bond donors (Lipinski definition) is 1. The van der Waals surface area contributed by atoms with Gasteiger partial charge in [0, 0.05) is 48.5 Å². The van der Waals surface area contributed by atoms with E-state index in [0.29, 0.717) is 23.7 Å². The van der Waals surface area contributed by atoms with Crippen molar-refractivity contribution in [1.29, 1.82) is 0 Å². The number of carbonyl (C=O) groups excluding carboxylic acids is 1. The molecule has 3 saturated heterocycles. The number of pyridine rings is 1. The summed E-state index contributed by atoms with van der Waals surface area (Å²) in [5.74, 6) is 1.62. The van der Waals surface area contributed by atoms with Gasteiger partial charge in [-0.15, -0.1) is 0 Å². The lowest BCUT2D eigenvalue weighted by Gasteiger charge is -2.29. The van der Waals surface area contributed by atoms with Gasteiger partial charge in [-0.2, -0.15) is 11.8 Å². The fourth-order valence-electron chi connectivity index (χ4n) is 5.07. The molecule has 0 unspecified atom stereocenters. The summed E-state index contributed by atoms with van der Waals surface area (Å²) < 4.78 is 6.49. The highest BCUT2D eigenvalue weighted by Gasteiger charge is 2.62. The van der Waals surface area contributed by atoms with E-state index < -0.39 is 0 Å². The molecule has 0 aliphatic carbocycles. The van der Waals surface area contributed by atoms with E-state index >= 15 is 0 Å². The largest absolute Gasteiger partial charge is 0.369 e. The first-order valence-corrected chi connectivity index (χ1v) is 10.5. The number of thioether (sulfide) groups is 1. The molecule has 1 amide bonds. The van der Waals surface area contributed by atoms with Crippen molar-refractivity contribution < 1.29 is 9.53 Å². The lowest BCUT2D eigenvalue weighted by atomic mass is 9.73. The van der Waals surface area contributed by atoms with Crippen molar-refractivity contribution in [3.05, 3.63) is 23.5 Å². The van der Waals surface area contributed by atoms with Gasteiger partial charge in [0.15, 0.2) is 0 Å². The molecule has 25 heavy (non-hydrogen) atoms. The van der Waals surface area contributed by atoms with E-state index in [1.54, 1.807) is 11.8 Å². The van der Waals surface area contributed by atoms with E-state index in [1.807, 2.05) is 6.26 Å². The molecule has 0 saturated carbocycles. The first kappa shape index (κ1) is 17.2. The third kappa shape index (κ3) is 3.04. The van der Waals surface area contributed by atoms with Gasteiger partial charge in [0.2, 0.25) is 5.91 Å². The number of ether oxygens (including phenoxy) is 1. The number of rotatable bonds is 5. The van der Waals surface area contributed by atoms with E-state index in [4.69, 9.17) is 4.74 Å². The number of nitrogens with one attached hydrogen (secondary N) is 1. The predicted octanol–water partition coefficient (Wildman–Crippen LogP) is 2.16. The summed E-state index contributed by atoms with van der Waals surface area (Å²) >= 11 is 1.57. The zero-order chi connectivity index (χ0) is 17.6. The van der Waals surface area contributed by atoms with Crippen LogP contribution in [0.1, 0.15) is 24.2 Å². The Morgan fingerprint density at radius 3 is 2.92 bits per heavy atom. The molecule has 1 spiro atoms. The summed E-state index contributed by atoms with van der Waals surface area (Å²) in [6, 6.07) is 4.35. The minimum Gasteiger partial charge on any atom is -0.369 e. The number of nitrogens with zero attached hydrogens (tertiary/aromatic N) is 2. The number of aromatic nitrogens is 1. The summed E-state index contributed by atoms with van der Waals surface area (Å²) in [5.41, 5.74) is 3.38. The number of aryl methyl sites for hydroxylation is 2. The Bertz CT molecular complexity index is 662. The van der Waals surface area contributed by atoms with Gasteiger partial charge in [0.05, 0.1) is 17.5 Å². The van der Waals surface area contributed by atoms with E-state index in [9.17, 15) is 4.79 Å². The van der Waals surface area contributed by atoms with Crippen molar-refractivity contribution in [3.8, 4) is 0 Å². The molecule has 4 heterocycles. The minimum atomic E-state index is -0.00928. The number of amides is 1. The van der Waals surface area contributed by atoms with Crippen LogP contribution in [-0.4, -0.2) is 54.2 Å². The maximum Gasteiger partial charge on any atom is 0.229 e. The van der Waals surface area contributed by atoms with Gasteiger partial charge in [0.25, 0.3) is 0 Å². The molecule has 6 heteroatoms. The topological polar surface area (TPSA) is 54.5 Å². The van der Waals surface area contributed by atoms with Crippen LogP contribution in [0.5, 0.6) is 0 Å². The molecule has 3 fully saturated rings. The van der Waals surface area contributed by atoms with Crippen LogP contribution in [0.3, 0.4) is 0 Å². The zero-order valence-electron chi connectivity index (χ0n) is 15.2. The Morgan fingerprint density at radius 2 is 2.20 bits per heavy atom. The normalized spacial score (nSPS) is 32.9. The highest BCUT2D eigenvalue weighted by Crippen LogP contribution is 2.55. The van der Waals surface area contributed by atoms with Gasteiger partial charge < -0.3 is 15.0 Å². The van der Waals surface area contributed by atoms with Crippen molar-refractivity contribution in [2.75, 3.05) is 36.5 Å². The van der Waals surface area contributed by atoms with Crippen LogP contribution >= 0.6 is 11.8 Å². The lowest BCUT2D eigenvalue weighted by molar-refractivity contribution is -0.118. The Hall–Kier alpha value is -1.27. The third-order valence-corrected chi connectivity index (χ3v) is 6.58. The van der Waals surface area contributed by atoms with Gasteiger partial charge in [-0.1, -0.05) is 0 Å². The summed E-state index contributed by atoms with van der Waals surface area (Å²) in [5, 5.41) is 3.12. The highest BCUT2D eigenvalue weighted by atomic mass is 32.2. The average molecular weight is 362 g/mol. The van der Waals surface area contributed by atoms with Crippen LogP contribution in [0, 0.1) is 25.7 Å². The third-order valence-electron chi connectivity index (χ3n) is 6.03. The molecular weight excluding hydrogens is 334 g/mol. The van der Waals surface area contributed by atoms with E-state index in [-0.39, 0.29) is 11.5 Å². The standard InChI is InChI=1S/C19H27N3O2S/c1-12-6-14(7-13(2)21-12)22-9-16-15(8-20-18(23)10-25-3)17-4-5-19(16,11-22)24-17/h6-7,15-17H,4-5,8-11H2,1-3H3,(H,20,23)/t15-,16+,17+,19+/m0/s1. The van der Waals surface area contributed by atoms with E-state index in [2.05, 4.69) is 41.2 Å². The molecule has 3 aliphatic heterocycles. The van der Waals surface area contributed by atoms with Crippen LogP contribution in [0.4, 0.5) is 5.69 Å².